The van der Waals surface area contributed by atoms with Crippen molar-refractivity contribution in [1.29, 1.82) is 0 Å². The van der Waals surface area contributed by atoms with Crippen molar-refractivity contribution in [3.63, 3.8) is 0 Å². The number of rotatable bonds is 7. The van der Waals surface area contributed by atoms with Crippen molar-refractivity contribution < 1.29 is 8.42 Å². The van der Waals surface area contributed by atoms with E-state index in [1.807, 2.05) is 18.2 Å². The first-order valence-electron chi connectivity index (χ1n) is 6.71. The van der Waals surface area contributed by atoms with Crippen molar-refractivity contribution in [3.05, 3.63) is 48.0 Å². The Bertz CT molecular complexity index is 657. The molecule has 0 radical (unpaired) electrons. The Morgan fingerprint density at radius 1 is 1.00 bits per heavy atom. The standard InChI is InChI=1S/C14H18N4O2S/c1-2-21(19,20)18-14-9-8-13(16-17-14)15-11-10-12-6-4-3-5-7-12/h3-9H,2,10-11H2,1H3,(H,15,16)(H,17,18). The molecule has 2 N–H and O–H groups in total. The first kappa shape index (κ1) is 15.2. The van der Waals surface area contributed by atoms with Crippen molar-refractivity contribution >= 4 is 21.7 Å². The van der Waals surface area contributed by atoms with Crippen molar-refractivity contribution in [2.45, 2.75) is 13.3 Å². The van der Waals surface area contributed by atoms with Gasteiger partial charge in [-0.2, -0.15) is 0 Å². The molecule has 0 aliphatic carbocycles. The second kappa shape index (κ2) is 7.03. The molecule has 0 atom stereocenters. The van der Waals surface area contributed by atoms with Crippen molar-refractivity contribution in [2.75, 3.05) is 22.3 Å². The van der Waals surface area contributed by atoms with Gasteiger partial charge in [0.15, 0.2) is 5.82 Å². The molecular formula is C14H18N4O2S. The molecule has 1 heterocycles. The Hall–Kier alpha value is -2.15. The monoisotopic (exact) mass is 306 g/mol. The van der Waals surface area contributed by atoms with E-state index < -0.39 is 10.0 Å². The highest BCUT2D eigenvalue weighted by atomic mass is 32.2. The fourth-order valence-electron chi connectivity index (χ4n) is 1.69. The number of anilines is 2. The smallest absolute Gasteiger partial charge is 0.233 e. The summed E-state index contributed by atoms with van der Waals surface area (Å²) < 4.78 is 25.1. The van der Waals surface area contributed by atoms with Crippen LogP contribution in [0.25, 0.3) is 0 Å². The second-order valence-corrected chi connectivity index (χ2v) is 6.48. The maximum Gasteiger partial charge on any atom is 0.233 e. The SMILES string of the molecule is CCS(=O)(=O)Nc1ccc(NCCc2ccccc2)nn1. The summed E-state index contributed by atoms with van der Waals surface area (Å²) in [6.45, 7) is 2.30. The van der Waals surface area contributed by atoms with Crippen LogP contribution in [0, 0.1) is 0 Å². The largest absolute Gasteiger partial charge is 0.368 e. The van der Waals surface area contributed by atoms with Crippen LogP contribution in [0.3, 0.4) is 0 Å². The predicted octanol–water partition coefficient (Wildman–Crippen LogP) is 1.89. The zero-order valence-electron chi connectivity index (χ0n) is 11.8. The first-order chi connectivity index (χ1) is 10.1. The highest BCUT2D eigenvalue weighted by Crippen LogP contribution is 2.08. The van der Waals surface area contributed by atoms with E-state index in [1.165, 1.54) is 5.56 Å². The van der Waals surface area contributed by atoms with Gasteiger partial charge in [-0.15, -0.1) is 10.2 Å². The lowest BCUT2D eigenvalue weighted by Gasteiger charge is -2.07. The van der Waals surface area contributed by atoms with Gasteiger partial charge in [-0.25, -0.2) is 8.42 Å². The van der Waals surface area contributed by atoms with Crippen LogP contribution >= 0.6 is 0 Å². The van der Waals surface area contributed by atoms with E-state index in [1.54, 1.807) is 19.1 Å². The van der Waals surface area contributed by atoms with Crippen LogP contribution in [0.4, 0.5) is 11.6 Å². The van der Waals surface area contributed by atoms with E-state index in [-0.39, 0.29) is 11.6 Å². The zero-order chi connectivity index (χ0) is 15.1. The van der Waals surface area contributed by atoms with Crippen LogP contribution in [0.15, 0.2) is 42.5 Å². The second-order valence-electron chi connectivity index (χ2n) is 4.47. The number of sulfonamides is 1. The van der Waals surface area contributed by atoms with Crippen LogP contribution in [0.5, 0.6) is 0 Å². The van der Waals surface area contributed by atoms with Crippen molar-refractivity contribution in [1.82, 2.24) is 10.2 Å². The summed E-state index contributed by atoms with van der Waals surface area (Å²) >= 11 is 0. The summed E-state index contributed by atoms with van der Waals surface area (Å²) in [5.41, 5.74) is 1.24. The molecule has 2 rings (SSSR count). The van der Waals surface area contributed by atoms with Crippen molar-refractivity contribution in [3.8, 4) is 0 Å². The number of aromatic nitrogens is 2. The fourth-order valence-corrected chi connectivity index (χ4v) is 2.26. The van der Waals surface area contributed by atoms with Gasteiger partial charge in [-0.05, 0) is 31.0 Å². The Labute approximate surface area is 124 Å². The topological polar surface area (TPSA) is 84.0 Å². The zero-order valence-corrected chi connectivity index (χ0v) is 12.6. The lowest BCUT2D eigenvalue weighted by Crippen LogP contribution is -2.16. The van der Waals surface area contributed by atoms with Gasteiger partial charge >= 0.3 is 0 Å². The van der Waals surface area contributed by atoms with Gasteiger partial charge in [0.2, 0.25) is 10.0 Å². The highest BCUT2D eigenvalue weighted by Gasteiger charge is 2.07. The lowest BCUT2D eigenvalue weighted by molar-refractivity contribution is 0.602. The molecule has 0 unspecified atom stereocenters. The van der Waals surface area contributed by atoms with E-state index in [9.17, 15) is 8.42 Å². The summed E-state index contributed by atoms with van der Waals surface area (Å²) in [6, 6.07) is 13.4. The Balaban J connectivity index is 1.85. The van der Waals surface area contributed by atoms with Gasteiger partial charge in [0.05, 0.1) is 5.75 Å². The summed E-state index contributed by atoms with van der Waals surface area (Å²) in [5, 5.41) is 10.9. The highest BCUT2D eigenvalue weighted by molar-refractivity contribution is 7.92. The molecule has 0 spiro atoms. The molecule has 0 aliphatic heterocycles. The molecule has 7 heteroatoms. The van der Waals surface area contributed by atoms with E-state index in [2.05, 4.69) is 32.4 Å². The molecule has 0 fully saturated rings. The molecule has 2 aromatic rings. The number of hydrogen-bond donors (Lipinski definition) is 2. The van der Waals surface area contributed by atoms with Crippen LogP contribution in [-0.2, 0) is 16.4 Å². The molecule has 0 saturated heterocycles. The number of nitrogens with zero attached hydrogens (tertiary/aromatic N) is 2. The third-order valence-electron chi connectivity index (χ3n) is 2.87. The molecule has 0 amide bonds. The maximum atomic E-state index is 11.4. The van der Waals surface area contributed by atoms with Crippen LogP contribution in [0.1, 0.15) is 12.5 Å². The fraction of sp³-hybridized carbons (Fsp3) is 0.286. The third-order valence-corrected chi connectivity index (χ3v) is 4.15. The molecule has 21 heavy (non-hydrogen) atoms. The maximum absolute atomic E-state index is 11.4. The van der Waals surface area contributed by atoms with Crippen LogP contribution < -0.4 is 10.0 Å². The van der Waals surface area contributed by atoms with Crippen LogP contribution in [-0.4, -0.2) is 30.9 Å². The minimum absolute atomic E-state index is 0.00571. The Morgan fingerprint density at radius 2 is 1.67 bits per heavy atom. The first-order valence-corrected chi connectivity index (χ1v) is 8.36. The van der Waals surface area contributed by atoms with Gasteiger partial charge in [0.1, 0.15) is 5.82 Å². The molecule has 0 saturated carbocycles. The molecule has 6 nitrogen and oxygen atoms in total. The summed E-state index contributed by atoms with van der Waals surface area (Å²) in [7, 11) is -3.31. The Kier molecular flexibility index (Phi) is 5.10. The average molecular weight is 306 g/mol. The molecule has 112 valence electrons. The van der Waals surface area contributed by atoms with Gasteiger partial charge in [-0.3, -0.25) is 4.72 Å². The third kappa shape index (κ3) is 5.03. The molecule has 1 aromatic heterocycles. The average Bonchev–Trinajstić information content (AvgIpc) is 2.50. The summed E-state index contributed by atoms with van der Waals surface area (Å²) in [4.78, 5) is 0. The predicted molar refractivity (Wildman–Crippen MR) is 83.8 cm³/mol. The molecular weight excluding hydrogens is 288 g/mol. The van der Waals surface area contributed by atoms with Crippen LogP contribution in [0.2, 0.25) is 0 Å². The van der Waals surface area contributed by atoms with E-state index in [4.69, 9.17) is 0 Å². The molecule has 1 aromatic carbocycles. The number of benzene rings is 1. The summed E-state index contributed by atoms with van der Waals surface area (Å²) in [5.74, 6) is 0.849. The number of nitrogens with one attached hydrogen (secondary N) is 2. The van der Waals surface area contributed by atoms with E-state index >= 15 is 0 Å². The van der Waals surface area contributed by atoms with E-state index in [0.29, 0.717) is 5.82 Å². The van der Waals surface area contributed by atoms with E-state index in [0.717, 1.165) is 13.0 Å². The Morgan fingerprint density at radius 3 is 2.29 bits per heavy atom. The van der Waals surface area contributed by atoms with Gasteiger partial charge in [0, 0.05) is 6.54 Å². The quantitative estimate of drug-likeness (QED) is 0.816. The minimum Gasteiger partial charge on any atom is -0.368 e. The molecule has 0 bridgehead atoms. The van der Waals surface area contributed by atoms with Gasteiger partial charge in [0.25, 0.3) is 0 Å². The number of hydrogen-bond acceptors (Lipinski definition) is 5. The van der Waals surface area contributed by atoms with Gasteiger partial charge < -0.3 is 5.32 Å². The lowest BCUT2D eigenvalue weighted by atomic mass is 10.1. The van der Waals surface area contributed by atoms with Crippen molar-refractivity contribution in [2.24, 2.45) is 0 Å². The minimum atomic E-state index is -3.31. The molecule has 0 aliphatic rings. The summed E-state index contributed by atoms with van der Waals surface area (Å²) in [6.07, 6.45) is 0.882. The normalized spacial score (nSPS) is 11.1. The van der Waals surface area contributed by atoms with Gasteiger partial charge in [-0.1, -0.05) is 30.3 Å².